The molecule has 13 heavy (non-hydrogen) atoms. The number of benzene rings is 1. The molecule has 0 heterocycles. The van der Waals surface area contributed by atoms with Gasteiger partial charge in [-0.15, -0.1) is 0 Å². The number of thioether (sulfide) groups is 1. The Hall–Kier alpha value is 0.0834. The number of thiocarbonyl (C=S) groups is 1. The first-order valence-corrected chi connectivity index (χ1v) is 5.01. The van der Waals surface area contributed by atoms with E-state index in [0.29, 0.717) is 4.32 Å². The van der Waals surface area contributed by atoms with Crippen LogP contribution in [0.1, 0.15) is 12.5 Å². The van der Waals surface area contributed by atoms with Crippen molar-refractivity contribution in [2.24, 2.45) is 5.73 Å². The molecule has 66 valence electrons. The number of rotatable bonds is 2. The molecule has 0 bridgehead atoms. The van der Waals surface area contributed by atoms with Crippen LogP contribution in [0.5, 0.6) is 0 Å². The third kappa shape index (κ3) is 4.21. The van der Waals surface area contributed by atoms with Gasteiger partial charge in [0.25, 0.3) is 0 Å². The molecule has 0 aliphatic carbocycles. The molecule has 0 aliphatic heterocycles. The van der Waals surface area contributed by atoms with E-state index in [-0.39, 0.29) is 19.5 Å². The third-order valence-electron chi connectivity index (χ3n) is 1.56. The Balaban J connectivity index is 0.00000144. The average Bonchev–Trinajstić information content (AvgIpc) is 2.04. The predicted octanol–water partition coefficient (Wildman–Crippen LogP) is 2.58. The van der Waals surface area contributed by atoms with Crippen LogP contribution in [0.15, 0.2) is 29.2 Å². The molecule has 1 aromatic carbocycles. The molecule has 0 saturated heterocycles. The Morgan fingerprint density at radius 3 is 2.62 bits per heavy atom. The third-order valence-corrected chi connectivity index (χ3v) is 2.63. The Kier molecular flexibility index (Phi) is 6.57. The van der Waals surface area contributed by atoms with E-state index < -0.39 is 0 Å². The summed E-state index contributed by atoms with van der Waals surface area (Å²) in [7, 11) is 0. The van der Waals surface area contributed by atoms with Gasteiger partial charge in [-0.25, -0.2) is 0 Å². The van der Waals surface area contributed by atoms with Gasteiger partial charge in [0, 0.05) is 24.4 Å². The summed E-state index contributed by atoms with van der Waals surface area (Å²) in [6.07, 6.45) is 1.02. The second-order valence-corrected chi connectivity index (χ2v) is 4.16. The van der Waals surface area contributed by atoms with E-state index in [1.807, 2.05) is 18.2 Å². The van der Waals surface area contributed by atoms with Gasteiger partial charge in [-0.1, -0.05) is 49.1 Å². The minimum Gasteiger partial charge on any atom is -0.384 e. The van der Waals surface area contributed by atoms with E-state index in [4.69, 9.17) is 18.0 Å². The van der Waals surface area contributed by atoms with Crippen LogP contribution in [-0.4, -0.2) is 4.32 Å². The standard InChI is InChI=1S/C9H11NS2.Zn/c1-2-7-5-3-4-6-8(7)12-9(10)11;/h3-6H,2H2,1H3,(H2,10,11);. The molecule has 4 heteroatoms. The van der Waals surface area contributed by atoms with Gasteiger partial charge in [0.15, 0.2) is 0 Å². The van der Waals surface area contributed by atoms with Gasteiger partial charge in [0.2, 0.25) is 0 Å². The van der Waals surface area contributed by atoms with Crippen molar-refractivity contribution in [3.63, 3.8) is 0 Å². The van der Waals surface area contributed by atoms with Gasteiger partial charge < -0.3 is 5.73 Å². The predicted molar refractivity (Wildman–Crippen MR) is 58.5 cm³/mol. The van der Waals surface area contributed by atoms with Gasteiger partial charge in [-0.05, 0) is 18.1 Å². The minimum atomic E-state index is 0. The first-order chi connectivity index (χ1) is 5.74. The minimum absolute atomic E-state index is 0. The van der Waals surface area contributed by atoms with Crippen molar-refractivity contribution in [1.29, 1.82) is 0 Å². The maximum Gasteiger partial charge on any atom is 0.136 e. The summed E-state index contributed by atoms with van der Waals surface area (Å²) >= 11 is 6.28. The van der Waals surface area contributed by atoms with Crippen LogP contribution in [0.4, 0.5) is 0 Å². The smallest absolute Gasteiger partial charge is 0.136 e. The Bertz CT molecular complexity index is 289. The van der Waals surface area contributed by atoms with Crippen molar-refractivity contribution in [1.82, 2.24) is 0 Å². The summed E-state index contributed by atoms with van der Waals surface area (Å²) in [4.78, 5) is 1.17. The van der Waals surface area contributed by atoms with Crippen LogP contribution in [0, 0.1) is 0 Å². The molecule has 0 amide bonds. The molecule has 2 N–H and O–H groups in total. The largest absolute Gasteiger partial charge is 0.384 e. The van der Waals surface area contributed by atoms with Gasteiger partial charge in [0.1, 0.15) is 4.32 Å². The zero-order chi connectivity index (χ0) is 8.97. The average molecular weight is 263 g/mol. The van der Waals surface area contributed by atoms with Crippen molar-refractivity contribution in [3.05, 3.63) is 29.8 Å². The molecule has 0 radical (unpaired) electrons. The molecule has 0 aromatic heterocycles. The van der Waals surface area contributed by atoms with E-state index >= 15 is 0 Å². The number of hydrogen-bond acceptors (Lipinski definition) is 2. The fourth-order valence-corrected chi connectivity index (χ4v) is 1.98. The first-order valence-electron chi connectivity index (χ1n) is 3.79. The fourth-order valence-electron chi connectivity index (χ4n) is 1.00. The van der Waals surface area contributed by atoms with Crippen LogP contribution in [-0.2, 0) is 25.9 Å². The van der Waals surface area contributed by atoms with E-state index in [9.17, 15) is 0 Å². The van der Waals surface area contributed by atoms with Crippen molar-refractivity contribution < 1.29 is 19.5 Å². The number of aryl methyl sites for hydroxylation is 1. The van der Waals surface area contributed by atoms with Crippen molar-refractivity contribution in [2.45, 2.75) is 18.2 Å². The summed E-state index contributed by atoms with van der Waals surface area (Å²) in [6, 6.07) is 8.17. The zero-order valence-electron chi connectivity index (χ0n) is 7.62. The maximum absolute atomic E-state index is 5.44. The SMILES string of the molecule is CCc1ccccc1SC(N)=S.[Zn]. The normalized spacial score (nSPS) is 9.00. The van der Waals surface area contributed by atoms with Gasteiger partial charge in [-0.2, -0.15) is 0 Å². The Morgan fingerprint density at radius 2 is 2.08 bits per heavy atom. The van der Waals surface area contributed by atoms with E-state index in [2.05, 4.69) is 13.0 Å². The first kappa shape index (κ1) is 13.1. The Labute approximate surface area is 101 Å². The van der Waals surface area contributed by atoms with Crippen molar-refractivity contribution in [3.8, 4) is 0 Å². The fraction of sp³-hybridized carbons (Fsp3) is 0.222. The Morgan fingerprint density at radius 1 is 1.46 bits per heavy atom. The quantitative estimate of drug-likeness (QED) is 0.504. The molecule has 0 atom stereocenters. The molecular weight excluding hydrogens is 252 g/mol. The molecule has 0 aliphatic rings. The van der Waals surface area contributed by atoms with Crippen LogP contribution < -0.4 is 5.73 Å². The van der Waals surface area contributed by atoms with E-state index in [1.54, 1.807) is 0 Å². The molecule has 1 nitrogen and oxygen atoms in total. The maximum atomic E-state index is 5.44. The second-order valence-electron chi connectivity index (χ2n) is 2.38. The second kappa shape index (κ2) is 6.52. The summed E-state index contributed by atoms with van der Waals surface area (Å²) in [5.41, 5.74) is 6.74. The monoisotopic (exact) mass is 261 g/mol. The summed E-state index contributed by atoms with van der Waals surface area (Å²) in [5.74, 6) is 0. The van der Waals surface area contributed by atoms with Crippen LogP contribution >= 0.6 is 24.0 Å². The molecule has 1 aromatic rings. The topological polar surface area (TPSA) is 26.0 Å². The van der Waals surface area contributed by atoms with E-state index in [1.165, 1.54) is 22.2 Å². The summed E-state index contributed by atoms with van der Waals surface area (Å²) in [5, 5.41) is 0. The van der Waals surface area contributed by atoms with Gasteiger partial charge >= 0.3 is 0 Å². The molecule has 1 rings (SSSR count). The molecule has 0 saturated carbocycles. The van der Waals surface area contributed by atoms with Crippen LogP contribution in [0.3, 0.4) is 0 Å². The molecule has 0 unspecified atom stereocenters. The van der Waals surface area contributed by atoms with E-state index in [0.717, 1.165) is 6.42 Å². The molecule has 0 fully saturated rings. The summed E-state index contributed by atoms with van der Waals surface area (Å²) < 4.78 is 0.482. The number of hydrogen-bond donors (Lipinski definition) is 1. The van der Waals surface area contributed by atoms with Crippen molar-refractivity contribution in [2.75, 3.05) is 0 Å². The van der Waals surface area contributed by atoms with Crippen LogP contribution in [0.2, 0.25) is 0 Å². The summed E-state index contributed by atoms with van der Waals surface area (Å²) in [6.45, 7) is 2.12. The molecule has 0 spiro atoms. The number of nitrogens with two attached hydrogens (primary N) is 1. The van der Waals surface area contributed by atoms with Crippen molar-refractivity contribution >= 4 is 28.3 Å². The van der Waals surface area contributed by atoms with Crippen LogP contribution in [0.25, 0.3) is 0 Å². The van der Waals surface area contributed by atoms with Gasteiger partial charge in [-0.3, -0.25) is 0 Å². The molecular formula is C9H11NS2Zn. The zero-order valence-corrected chi connectivity index (χ0v) is 12.2. The van der Waals surface area contributed by atoms with Gasteiger partial charge in [0.05, 0.1) is 0 Å².